The Hall–Kier alpha value is -0.0900. The molecule has 0 atom stereocenters. The van der Waals surface area contributed by atoms with Gasteiger partial charge in [-0.05, 0) is 19.3 Å². The summed E-state index contributed by atoms with van der Waals surface area (Å²) in [4.78, 5) is 0. The van der Waals surface area contributed by atoms with Crippen LogP contribution >= 0.6 is 0 Å². The third-order valence-corrected chi connectivity index (χ3v) is 3.48. The molecule has 0 aliphatic carbocycles. The van der Waals surface area contributed by atoms with E-state index in [2.05, 4.69) is 0 Å². The van der Waals surface area contributed by atoms with Gasteiger partial charge in [-0.2, -0.15) is 0 Å². The Morgan fingerprint density at radius 1 is 1.00 bits per heavy atom. The van der Waals surface area contributed by atoms with Crippen molar-refractivity contribution in [2.24, 2.45) is 0 Å². The summed E-state index contributed by atoms with van der Waals surface area (Å²) in [5.41, 5.74) is 0. The van der Waals surface area contributed by atoms with Crippen molar-refractivity contribution < 1.29 is 13.5 Å². The smallest absolute Gasteiger partial charge is 0.150 e. The second-order valence-electron chi connectivity index (χ2n) is 2.92. The molecule has 0 aromatic heterocycles. The molecule has 0 spiro atoms. The van der Waals surface area contributed by atoms with Crippen LogP contribution in [0.4, 0.5) is 0 Å². The summed E-state index contributed by atoms with van der Waals surface area (Å²) in [7, 11) is -2.85. The van der Waals surface area contributed by atoms with E-state index in [0.717, 1.165) is 12.8 Å². The Labute approximate surface area is 74.7 Å². The van der Waals surface area contributed by atoms with Gasteiger partial charge in [0.05, 0.1) is 18.1 Å². The van der Waals surface area contributed by atoms with Gasteiger partial charge in [-0.3, -0.25) is 0 Å². The first-order valence-corrected chi connectivity index (χ1v) is 6.23. The maximum atomic E-state index is 11.2. The molecular formula is C8H17O3S. The molecule has 12 heavy (non-hydrogen) atoms. The zero-order chi connectivity index (χ0) is 9.45. The molecular weight excluding hydrogens is 176 g/mol. The lowest BCUT2D eigenvalue weighted by atomic mass is 10.4. The minimum Gasteiger partial charge on any atom is -0.237 e. The van der Waals surface area contributed by atoms with E-state index in [1.165, 1.54) is 0 Å². The molecule has 4 heteroatoms. The van der Waals surface area contributed by atoms with Crippen LogP contribution < -0.4 is 0 Å². The summed E-state index contributed by atoms with van der Waals surface area (Å²) in [6.07, 6.45) is 2.64. The second kappa shape index (κ2) is 6.43. The molecule has 0 aliphatic rings. The minimum atomic E-state index is -2.85. The molecule has 3 nitrogen and oxygen atoms in total. The van der Waals surface area contributed by atoms with E-state index in [-0.39, 0.29) is 18.1 Å². The highest BCUT2D eigenvalue weighted by molar-refractivity contribution is 7.91. The Kier molecular flexibility index (Phi) is 6.38. The first-order valence-electron chi connectivity index (χ1n) is 4.41. The van der Waals surface area contributed by atoms with Gasteiger partial charge in [0.15, 0.2) is 0 Å². The number of hydrogen-bond donors (Lipinski definition) is 0. The van der Waals surface area contributed by atoms with Gasteiger partial charge >= 0.3 is 0 Å². The first kappa shape index (κ1) is 11.9. The molecule has 0 aliphatic heterocycles. The summed E-state index contributed by atoms with van der Waals surface area (Å²) in [6, 6.07) is 0. The number of unbranched alkanes of at least 4 members (excludes halogenated alkanes) is 2. The Morgan fingerprint density at radius 2 is 1.58 bits per heavy atom. The van der Waals surface area contributed by atoms with E-state index in [1.54, 1.807) is 0 Å². The zero-order valence-corrected chi connectivity index (χ0v) is 8.40. The molecule has 0 saturated carbocycles. The molecule has 0 amide bonds. The van der Waals surface area contributed by atoms with Gasteiger partial charge in [-0.1, -0.05) is 13.3 Å². The Bertz CT molecular complexity index is 184. The molecule has 1 radical (unpaired) electrons. The molecule has 0 fully saturated rings. The first-order chi connectivity index (χ1) is 5.62. The van der Waals surface area contributed by atoms with Crippen LogP contribution in [0.25, 0.3) is 0 Å². The van der Waals surface area contributed by atoms with E-state index in [0.29, 0.717) is 12.8 Å². The third-order valence-electron chi connectivity index (χ3n) is 1.66. The van der Waals surface area contributed by atoms with Gasteiger partial charge in [0, 0.05) is 0 Å². The van der Waals surface area contributed by atoms with Gasteiger partial charge in [0.25, 0.3) is 0 Å². The topological polar surface area (TPSA) is 54.0 Å². The molecule has 0 saturated heterocycles. The maximum Gasteiger partial charge on any atom is 0.150 e. The van der Waals surface area contributed by atoms with E-state index in [1.807, 2.05) is 6.92 Å². The maximum absolute atomic E-state index is 11.2. The molecule has 0 N–H and O–H groups in total. The van der Waals surface area contributed by atoms with Gasteiger partial charge < -0.3 is 0 Å². The van der Waals surface area contributed by atoms with Crippen molar-refractivity contribution in [3.8, 4) is 0 Å². The second-order valence-corrected chi connectivity index (χ2v) is 5.22. The van der Waals surface area contributed by atoms with Crippen LogP contribution in [0, 0.1) is 0 Å². The van der Waals surface area contributed by atoms with Crippen LogP contribution in [-0.4, -0.2) is 26.5 Å². The van der Waals surface area contributed by atoms with Gasteiger partial charge in [-0.25, -0.2) is 13.5 Å². The highest BCUT2D eigenvalue weighted by Gasteiger charge is 2.08. The molecule has 0 bridgehead atoms. The fourth-order valence-electron chi connectivity index (χ4n) is 0.890. The van der Waals surface area contributed by atoms with Crippen molar-refractivity contribution in [2.45, 2.75) is 32.6 Å². The van der Waals surface area contributed by atoms with Crippen molar-refractivity contribution in [1.29, 1.82) is 0 Å². The Balaban J connectivity index is 3.58. The van der Waals surface area contributed by atoms with E-state index in [9.17, 15) is 13.5 Å². The average Bonchev–Trinajstić information content (AvgIpc) is 2.01. The summed E-state index contributed by atoms with van der Waals surface area (Å²) >= 11 is 0. The van der Waals surface area contributed by atoms with Crippen LogP contribution in [0.5, 0.6) is 0 Å². The largest absolute Gasteiger partial charge is 0.237 e. The SMILES string of the molecule is CCCCS(=O)(=O)CCCC[O]. The van der Waals surface area contributed by atoms with Crippen molar-refractivity contribution in [2.75, 3.05) is 18.1 Å². The normalized spacial score (nSPS) is 11.8. The standard InChI is InChI=1S/C8H17O3S/c1-2-3-7-12(10,11)8-5-4-6-9/h2-8H2,1H3. The van der Waals surface area contributed by atoms with Crippen molar-refractivity contribution in [3.63, 3.8) is 0 Å². The summed E-state index contributed by atoms with van der Waals surface area (Å²) in [5.74, 6) is 0.470. The summed E-state index contributed by atoms with van der Waals surface area (Å²) < 4.78 is 22.3. The highest BCUT2D eigenvalue weighted by atomic mass is 32.2. The summed E-state index contributed by atoms with van der Waals surface area (Å²) in [5, 5.41) is 10.0. The van der Waals surface area contributed by atoms with Gasteiger partial charge in [-0.15, -0.1) is 0 Å². The predicted octanol–water partition coefficient (Wildman–Crippen LogP) is 1.41. The monoisotopic (exact) mass is 193 g/mol. The fraction of sp³-hybridized carbons (Fsp3) is 1.00. The van der Waals surface area contributed by atoms with Crippen molar-refractivity contribution in [1.82, 2.24) is 0 Å². The molecule has 0 unspecified atom stereocenters. The quantitative estimate of drug-likeness (QED) is 0.574. The third kappa shape index (κ3) is 6.61. The molecule has 73 valence electrons. The van der Waals surface area contributed by atoms with Crippen LogP contribution in [-0.2, 0) is 14.9 Å². The number of hydrogen-bond acceptors (Lipinski definition) is 2. The van der Waals surface area contributed by atoms with Gasteiger partial charge in [0.1, 0.15) is 9.84 Å². The van der Waals surface area contributed by atoms with Crippen molar-refractivity contribution >= 4 is 9.84 Å². The molecule has 0 heterocycles. The van der Waals surface area contributed by atoms with Crippen LogP contribution in [0.1, 0.15) is 32.6 Å². The lowest BCUT2D eigenvalue weighted by Crippen LogP contribution is -2.11. The van der Waals surface area contributed by atoms with Crippen LogP contribution in [0.2, 0.25) is 0 Å². The number of sulfone groups is 1. The predicted molar refractivity (Wildman–Crippen MR) is 48.3 cm³/mol. The van der Waals surface area contributed by atoms with E-state index < -0.39 is 9.84 Å². The molecule has 0 aromatic carbocycles. The average molecular weight is 193 g/mol. The summed E-state index contributed by atoms with van der Waals surface area (Å²) in [6.45, 7) is 1.80. The molecule has 0 rings (SSSR count). The van der Waals surface area contributed by atoms with Crippen LogP contribution in [0.3, 0.4) is 0 Å². The Morgan fingerprint density at radius 3 is 2.08 bits per heavy atom. The van der Waals surface area contributed by atoms with Gasteiger partial charge in [0.2, 0.25) is 0 Å². The van der Waals surface area contributed by atoms with E-state index in [4.69, 9.17) is 0 Å². The molecule has 0 aromatic rings. The lowest BCUT2D eigenvalue weighted by molar-refractivity contribution is 0.188. The lowest BCUT2D eigenvalue weighted by Gasteiger charge is -2.01. The number of rotatable bonds is 7. The minimum absolute atomic E-state index is 0.163. The van der Waals surface area contributed by atoms with Crippen molar-refractivity contribution in [3.05, 3.63) is 0 Å². The van der Waals surface area contributed by atoms with Crippen LogP contribution in [0.15, 0.2) is 0 Å². The zero-order valence-electron chi connectivity index (χ0n) is 7.58. The highest BCUT2D eigenvalue weighted by Crippen LogP contribution is 2.00. The van der Waals surface area contributed by atoms with E-state index >= 15 is 0 Å². The fourth-order valence-corrected chi connectivity index (χ4v) is 2.47.